The lowest BCUT2D eigenvalue weighted by atomic mass is 10.1. The van der Waals surface area contributed by atoms with Gasteiger partial charge in [-0.05, 0) is 5.92 Å². The number of aryl methyl sites for hydroxylation is 1. The van der Waals surface area contributed by atoms with Gasteiger partial charge in [0.05, 0.1) is 5.69 Å². The summed E-state index contributed by atoms with van der Waals surface area (Å²) in [5.41, 5.74) is 2.15. The third kappa shape index (κ3) is 1.13. The quantitative estimate of drug-likeness (QED) is 0.726. The number of imidazole rings is 1. The second kappa shape index (κ2) is 2.94. The average molecular weight is 192 g/mol. The zero-order valence-corrected chi connectivity index (χ0v) is 8.40. The van der Waals surface area contributed by atoms with E-state index in [1.54, 1.807) is 11.6 Å². The Hall–Kier alpha value is -1.65. The molecule has 0 bridgehead atoms. The van der Waals surface area contributed by atoms with Gasteiger partial charge in [-0.25, -0.2) is 14.8 Å². The molecule has 1 N–H and O–H groups in total. The number of nitrogens with zero attached hydrogens (tertiary/aromatic N) is 3. The zero-order valence-electron chi connectivity index (χ0n) is 8.40. The summed E-state index contributed by atoms with van der Waals surface area (Å²) in [7, 11) is 1.72. The highest BCUT2D eigenvalue weighted by atomic mass is 16.1. The first-order valence-corrected chi connectivity index (χ1v) is 4.51. The molecule has 0 fully saturated rings. The summed E-state index contributed by atoms with van der Waals surface area (Å²) in [5.74, 6) is 0.280. The van der Waals surface area contributed by atoms with Crippen molar-refractivity contribution < 1.29 is 0 Å². The van der Waals surface area contributed by atoms with Crippen LogP contribution in [0.4, 0.5) is 0 Å². The molecule has 74 valence electrons. The fraction of sp³-hybridized carbons (Fsp3) is 0.444. The number of hydrogen-bond acceptors (Lipinski definition) is 3. The molecule has 5 heteroatoms. The molecule has 5 nitrogen and oxygen atoms in total. The predicted octanol–water partition coefficient (Wildman–Crippen LogP) is 0.780. The Kier molecular flexibility index (Phi) is 1.87. The SMILES string of the molecule is CC(C)c1ncnc2[nH]c(=O)n(C)c12. The van der Waals surface area contributed by atoms with Crippen molar-refractivity contribution in [3.63, 3.8) is 0 Å². The highest BCUT2D eigenvalue weighted by Gasteiger charge is 2.12. The van der Waals surface area contributed by atoms with Crippen molar-refractivity contribution in [1.82, 2.24) is 19.5 Å². The highest BCUT2D eigenvalue weighted by Crippen LogP contribution is 2.18. The Balaban J connectivity index is 2.91. The molecular weight excluding hydrogens is 180 g/mol. The van der Waals surface area contributed by atoms with Crippen molar-refractivity contribution in [3.05, 3.63) is 22.5 Å². The molecule has 2 heterocycles. The molecule has 14 heavy (non-hydrogen) atoms. The van der Waals surface area contributed by atoms with Crippen LogP contribution in [0, 0.1) is 0 Å². The maximum atomic E-state index is 11.4. The van der Waals surface area contributed by atoms with Crippen molar-refractivity contribution in [2.24, 2.45) is 7.05 Å². The van der Waals surface area contributed by atoms with Crippen LogP contribution < -0.4 is 5.69 Å². The summed E-state index contributed by atoms with van der Waals surface area (Å²) >= 11 is 0. The topological polar surface area (TPSA) is 63.6 Å². The number of hydrogen-bond donors (Lipinski definition) is 1. The lowest BCUT2D eigenvalue weighted by Crippen LogP contribution is -2.12. The van der Waals surface area contributed by atoms with Crippen LogP contribution in [0.3, 0.4) is 0 Å². The van der Waals surface area contributed by atoms with Gasteiger partial charge in [0, 0.05) is 7.05 Å². The number of nitrogens with one attached hydrogen (secondary N) is 1. The molecule has 0 unspecified atom stereocenters. The number of aromatic nitrogens is 4. The third-order valence-electron chi connectivity index (χ3n) is 2.26. The van der Waals surface area contributed by atoms with Crippen LogP contribution >= 0.6 is 0 Å². The molecule has 2 rings (SSSR count). The molecule has 0 saturated heterocycles. The summed E-state index contributed by atoms with van der Waals surface area (Å²) < 4.78 is 1.55. The van der Waals surface area contributed by atoms with Crippen molar-refractivity contribution >= 4 is 11.2 Å². The third-order valence-corrected chi connectivity index (χ3v) is 2.26. The smallest absolute Gasteiger partial charge is 0.292 e. The van der Waals surface area contributed by atoms with Gasteiger partial charge in [0.1, 0.15) is 11.8 Å². The van der Waals surface area contributed by atoms with E-state index in [4.69, 9.17) is 0 Å². The van der Waals surface area contributed by atoms with E-state index in [-0.39, 0.29) is 11.6 Å². The van der Waals surface area contributed by atoms with Crippen LogP contribution in [0.2, 0.25) is 0 Å². The van der Waals surface area contributed by atoms with E-state index in [2.05, 4.69) is 15.0 Å². The first kappa shape index (κ1) is 8.93. The van der Waals surface area contributed by atoms with Crippen LogP contribution in [0.1, 0.15) is 25.5 Å². The average Bonchev–Trinajstić information content (AvgIpc) is 2.43. The largest absolute Gasteiger partial charge is 0.327 e. The van der Waals surface area contributed by atoms with Crippen LogP contribution in [0.5, 0.6) is 0 Å². The van der Waals surface area contributed by atoms with Gasteiger partial charge in [0.2, 0.25) is 0 Å². The number of fused-ring (bicyclic) bond motifs is 1. The van der Waals surface area contributed by atoms with Gasteiger partial charge in [-0.15, -0.1) is 0 Å². The van der Waals surface area contributed by atoms with Gasteiger partial charge in [-0.3, -0.25) is 9.55 Å². The first-order valence-electron chi connectivity index (χ1n) is 4.51. The normalized spacial score (nSPS) is 11.4. The van der Waals surface area contributed by atoms with Gasteiger partial charge in [0.25, 0.3) is 0 Å². The zero-order chi connectivity index (χ0) is 10.3. The molecule has 0 amide bonds. The number of aromatic amines is 1. The van der Waals surface area contributed by atoms with Crippen molar-refractivity contribution in [2.45, 2.75) is 19.8 Å². The molecule has 0 spiro atoms. The molecule has 0 saturated carbocycles. The van der Waals surface area contributed by atoms with Gasteiger partial charge >= 0.3 is 5.69 Å². The standard InChI is InChI=1S/C9H12N4O/c1-5(2)6-7-8(11-4-10-6)12-9(14)13(7)3/h4-5H,1-3H3,(H,10,11,12,14). The monoisotopic (exact) mass is 192 g/mol. The van der Waals surface area contributed by atoms with Gasteiger partial charge in [-0.1, -0.05) is 13.8 Å². The molecule has 0 aromatic carbocycles. The maximum absolute atomic E-state index is 11.4. The maximum Gasteiger partial charge on any atom is 0.327 e. The summed E-state index contributed by atoms with van der Waals surface area (Å²) in [6, 6.07) is 0. The van der Waals surface area contributed by atoms with Crippen molar-refractivity contribution in [3.8, 4) is 0 Å². The Morgan fingerprint density at radius 3 is 2.79 bits per heavy atom. The summed E-state index contributed by atoms with van der Waals surface area (Å²) in [6.07, 6.45) is 1.48. The van der Waals surface area contributed by atoms with E-state index in [1.165, 1.54) is 6.33 Å². The van der Waals surface area contributed by atoms with Crippen LogP contribution in [-0.4, -0.2) is 19.5 Å². The molecule has 0 aliphatic carbocycles. The molecule has 0 aliphatic heterocycles. The van der Waals surface area contributed by atoms with E-state index in [1.807, 2.05) is 13.8 Å². The Labute approximate surface area is 80.8 Å². The van der Waals surface area contributed by atoms with E-state index in [9.17, 15) is 4.79 Å². The Morgan fingerprint density at radius 1 is 1.43 bits per heavy atom. The van der Waals surface area contributed by atoms with E-state index < -0.39 is 0 Å². The second-order valence-electron chi connectivity index (χ2n) is 3.60. The Morgan fingerprint density at radius 2 is 2.14 bits per heavy atom. The van der Waals surface area contributed by atoms with Crippen LogP contribution in [0.15, 0.2) is 11.1 Å². The van der Waals surface area contributed by atoms with Gasteiger partial charge < -0.3 is 0 Å². The molecular formula is C9H12N4O. The lowest BCUT2D eigenvalue weighted by molar-refractivity contribution is 0.805. The second-order valence-corrected chi connectivity index (χ2v) is 3.60. The van der Waals surface area contributed by atoms with Gasteiger partial charge in [0.15, 0.2) is 5.65 Å². The number of H-pyrrole nitrogens is 1. The van der Waals surface area contributed by atoms with E-state index in [0.29, 0.717) is 5.65 Å². The molecule has 0 radical (unpaired) electrons. The fourth-order valence-electron chi connectivity index (χ4n) is 1.52. The minimum absolute atomic E-state index is 0.151. The molecule has 2 aromatic heterocycles. The summed E-state index contributed by atoms with van der Waals surface area (Å²) in [6.45, 7) is 4.08. The molecule has 0 aliphatic rings. The number of rotatable bonds is 1. The minimum Gasteiger partial charge on any atom is -0.292 e. The highest BCUT2D eigenvalue weighted by molar-refractivity contribution is 5.73. The Bertz CT molecular complexity index is 523. The molecule has 0 atom stereocenters. The van der Waals surface area contributed by atoms with Crippen LogP contribution in [-0.2, 0) is 7.05 Å². The summed E-state index contributed by atoms with van der Waals surface area (Å²) in [4.78, 5) is 22.2. The van der Waals surface area contributed by atoms with Crippen molar-refractivity contribution in [2.75, 3.05) is 0 Å². The van der Waals surface area contributed by atoms with Crippen LogP contribution in [0.25, 0.3) is 11.2 Å². The fourth-order valence-corrected chi connectivity index (χ4v) is 1.52. The van der Waals surface area contributed by atoms with Crippen molar-refractivity contribution in [1.29, 1.82) is 0 Å². The van der Waals surface area contributed by atoms with E-state index in [0.717, 1.165) is 11.2 Å². The predicted molar refractivity (Wildman–Crippen MR) is 53.2 cm³/mol. The lowest BCUT2D eigenvalue weighted by Gasteiger charge is -2.05. The van der Waals surface area contributed by atoms with Gasteiger partial charge in [-0.2, -0.15) is 0 Å². The summed E-state index contributed by atoms with van der Waals surface area (Å²) in [5, 5.41) is 0. The minimum atomic E-state index is -0.151. The molecule has 2 aromatic rings. The first-order chi connectivity index (χ1) is 6.61. The van der Waals surface area contributed by atoms with E-state index >= 15 is 0 Å².